The minimum Gasteiger partial charge on any atom is -0.392 e. The lowest BCUT2D eigenvalue weighted by Gasteiger charge is -2.22. The molecule has 88 valence electrons. The van der Waals surface area contributed by atoms with Crippen molar-refractivity contribution in [1.29, 1.82) is 0 Å². The van der Waals surface area contributed by atoms with Crippen molar-refractivity contribution >= 4 is 32.9 Å². The maximum atomic E-state index is 11.9. The SMILES string of the molecule is CCN(c1ccccc1)S(=O)(=O)CC(N)=S. The number of hydrogen-bond donors (Lipinski definition) is 1. The average Bonchev–Trinajstić information content (AvgIpc) is 2.17. The molecule has 6 heteroatoms. The predicted octanol–water partition coefficient (Wildman–Crippen LogP) is 1.13. The van der Waals surface area contributed by atoms with E-state index >= 15 is 0 Å². The van der Waals surface area contributed by atoms with Gasteiger partial charge in [-0.15, -0.1) is 0 Å². The topological polar surface area (TPSA) is 63.4 Å². The van der Waals surface area contributed by atoms with Gasteiger partial charge in [0.05, 0.1) is 10.7 Å². The van der Waals surface area contributed by atoms with E-state index in [0.29, 0.717) is 12.2 Å². The van der Waals surface area contributed by atoms with E-state index in [9.17, 15) is 8.42 Å². The summed E-state index contributed by atoms with van der Waals surface area (Å²) in [5.74, 6) is -0.301. The third-order valence-corrected chi connectivity index (χ3v) is 4.14. The van der Waals surface area contributed by atoms with Crippen LogP contribution in [-0.2, 0) is 10.0 Å². The van der Waals surface area contributed by atoms with Crippen LogP contribution in [0.2, 0.25) is 0 Å². The summed E-state index contributed by atoms with van der Waals surface area (Å²) >= 11 is 4.63. The summed E-state index contributed by atoms with van der Waals surface area (Å²) in [6, 6.07) is 8.88. The van der Waals surface area contributed by atoms with E-state index in [0.717, 1.165) is 0 Å². The van der Waals surface area contributed by atoms with Gasteiger partial charge in [0, 0.05) is 6.54 Å². The lowest BCUT2D eigenvalue weighted by atomic mass is 10.3. The number of thiocarbonyl (C=S) groups is 1. The Morgan fingerprint density at radius 2 is 1.94 bits per heavy atom. The number of anilines is 1. The van der Waals surface area contributed by atoms with E-state index in [-0.39, 0.29) is 10.7 Å². The Labute approximate surface area is 101 Å². The zero-order chi connectivity index (χ0) is 12.2. The summed E-state index contributed by atoms with van der Waals surface area (Å²) in [5.41, 5.74) is 5.90. The molecule has 0 radical (unpaired) electrons. The van der Waals surface area contributed by atoms with Crippen LogP contribution in [-0.4, -0.2) is 25.7 Å². The molecule has 0 bridgehead atoms. The molecule has 0 aliphatic heterocycles. The molecule has 1 rings (SSSR count). The van der Waals surface area contributed by atoms with Crippen molar-refractivity contribution in [3.05, 3.63) is 30.3 Å². The summed E-state index contributed by atoms with van der Waals surface area (Å²) in [6.07, 6.45) is 0. The quantitative estimate of drug-likeness (QED) is 0.804. The van der Waals surface area contributed by atoms with E-state index in [1.807, 2.05) is 6.07 Å². The third-order valence-electron chi connectivity index (χ3n) is 1.99. The van der Waals surface area contributed by atoms with E-state index in [4.69, 9.17) is 5.73 Å². The summed E-state index contributed by atoms with van der Waals surface area (Å²) in [4.78, 5) is -0.0191. The number of benzene rings is 1. The van der Waals surface area contributed by atoms with Crippen molar-refractivity contribution in [3.63, 3.8) is 0 Å². The lowest BCUT2D eigenvalue weighted by Crippen LogP contribution is -2.36. The van der Waals surface area contributed by atoms with Gasteiger partial charge in [-0.05, 0) is 19.1 Å². The van der Waals surface area contributed by atoms with Crippen molar-refractivity contribution in [2.75, 3.05) is 16.6 Å². The van der Waals surface area contributed by atoms with Crippen LogP contribution in [0.5, 0.6) is 0 Å². The monoisotopic (exact) mass is 258 g/mol. The minimum absolute atomic E-state index is 0.0191. The molecule has 1 aromatic rings. The predicted molar refractivity (Wildman–Crippen MR) is 70.0 cm³/mol. The van der Waals surface area contributed by atoms with Crippen LogP contribution in [0.4, 0.5) is 5.69 Å². The molecule has 0 amide bonds. The first-order chi connectivity index (χ1) is 7.47. The van der Waals surface area contributed by atoms with Gasteiger partial charge < -0.3 is 5.73 Å². The van der Waals surface area contributed by atoms with Gasteiger partial charge >= 0.3 is 0 Å². The fraction of sp³-hybridized carbons (Fsp3) is 0.300. The van der Waals surface area contributed by atoms with E-state index in [1.165, 1.54) is 4.31 Å². The van der Waals surface area contributed by atoms with E-state index in [1.54, 1.807) is 31.2 Å². The second-order valence-corrected chi connectivity index (χ2v) is 5.64. The van der Waals surface area contributed by atoms with Crippen LogP contribution in [0.1, 0.15) is 6.92 Å². The van der Waals surface area contributed by atoms with Gasteiger partial charge in [-0.3, -0.25) is 4.31 Å². The molecule has 0 saturated heterocycles. The van der Waals surface area contributed by atoms with Crippen molar-refractivity contribution in [2.45, 2.75) is 6.92 Å². The van der Waals surface area contributed by atoms with Crippen LogP contribution in [0.3, 0.4) is 0 Å². The van der Waals surface area contributed by atoms with Crippen LogP contribution >= 0.6 is 12.2 Å². The molecule has 4 nitrogen and oxygen atoms in total. The first-order valence-electron chi connectivity index (χ1n) is 4.81. The van der Waals surface area contributed by atoms with Crippen LogP contribution < -0.4 is 10.0 Å². The first-order valence-corrected chi connectivity index (χ1v) is 6.83. The molecule has 0 aliphatic rings. The maximum Gasteiger partial charge on any atom is 0.241 e. The summed E-state index contributed by atoms with van der Waals surface area (Å²) in [7, 11) is -3.46. The van der Waals surface area contributed by atoms with Crippen molar-refractivity contribution < 1.29 is 8.42 Å². The fourth-order valence-corrected chi connectivity index (χ4v) is 3.19. The first kappa shape index (κ1) is 12.9. The Morgan fingerprint density at radius 3 is 2.38 bits per heavy atom. The molecule has 0 atom stereocenters. The number of sulfonamides is 1. The maximum absolute atomic E-state index is 11.9. The highest BCUT2D eigenvalue weighted by Crippen LogP contribution is 2.17. The summed E-state index contributed by atoms with van der Waals surface area (Å²) in [5, 5.41) is 0. The zero-order valence-electron chi connectivity index (χ0n) is 8.96. The Balaban J connectivity index is 3.04. The molecule has 0 aromatic heterocycles. The van der Waals surface area contributed by atoms with Gasteiger partial charge in [-0.2, -0.15) is 0 Å². The second-order valence-electron chi connectivity index (χ2n) is 3.22. The molecular formula is C10H14N2O2S2. The van der Waals surface area contributed by atoms with Crippen molar-refractivity contribution in [3.8, 4) is 0 Å². The van der Waals surface area contributed by atoms with E-state index in [2.05, 4.69) is 12.2 Å². The Hall–Kier alpha value is -1.14. The minimum atomic E-state index is -3.46. The van der Waals surface area contributed by atoms with Crippen LogP contribution in [0, 0.1) is 0 Å². The van der Waals surface area contributed by atoms with Gasteiger partial charge in [-0.25, -0.2) is 8.42 Å². The summed E-state index contributed by atoms with van der Waals surface area (Å²) in [6.45, 7) is 2.12. The molecule has 0 fully saturated rings. The highest BCUT2D eigenvalue weighted by molar-refractivity contribution is 7.95. The Morgan fingerprint density at radius 1 is 1.38 bits per heavy atom. The molecule has 0 aliphatic carbocycles. The third kappa shape index (κ3) is 3.18. The summed E-state index contributed by atoms with van der Waals surface area (Å²) < 4.78 is 25.2. The number of nitrogens with two attached hydrogens (primary N) is 1. The van der Waals surface area contributed by atoms with Gasteiger partial charge in [0.2, 0.25) is 10.0 Å². The smallest absolute Gasteiger partial charge is 0.241 e. The molecular weight excluding hydrogens is 244 g/mol. The van der Waals surface area contributed by atoms with Gasteiger partial charge in [0.25, 0.3) is 0 Å². The fourth-order valence-electron chi connectivity index (χ4n) is 1.39. The molecule has 2 N–H and O–H groups in total. The number of hydrogen-bond acceptors (Lipinski definition) is 3. The highest BCUT2D eigenvalue weighted by Gasteiger charge is 2.21. The number of para-hydroxylation sites is 1. The standard InChI is InChI=1S/C10H14N2O2S2/c1-2-12(9-6-4-3-5-7-9)16(13,14)8-10(11)15/h3-7H,2,8H2,1H3,(H2,11,15). The van der Waals surface area contributed by atoms with Crippen LogP contribution in [0.25, 0.3) is 0 Å². The number of nitrogens with zero attached hydrogens (tertiary/aromatic N) is 1. The molecule has 0 spiro atoms. The van der Waals surface area contributed by atoms with Gasteiger partial charge in [-0.1, -0.05) is 30.4 Å². The highest BCUT2D eigenvalue weighted by atomic mass is 32.2. The molecule has 16 heavy (non-hydrogen) atoms. The van der Waals surface area contributed by atoms with Gasteiger partial charge in [0.15, 0.2) is 0 Å². The normalized spacial score (nSPS) is 11.1. The lowest BCUT2D eigenvalue weighted by molar-refractivity contribution is 0.596. The molecule has 0 heterocycles. The van der Waals surface area contributed by atoms with Crippen molar-refractivity contribution in [2.24, 2.45) is 5.73 Å². The van der Waals surface area contributed by atoms with Crippen LogP contribution in [0.15, 0.2) is 30.3 Å². The Bertz CT molecular complexity index is 457. The van der Waals surface area contributed by atoms with Gasteiger partial charge in [0.1, 0.15) is 5.75 Å². The second kappa shape index (κ2) is 5.27. The zero-order valence-corrected chi connectivity index (χ0v) is 10.6. The molecule has 0 unspecified atom stereocenters. The Kier molecular flexibility index (Phi) is 4.26. The molecule has 1 aromatic carbocycles. The number of rotatable bonds is 5. The van der Waals surface area contributed by atoms with Crippen molar-refractivity contribution in [1.82, 2.24) is 0 Å². The largest absolute Gasteiger partial charge is 0.392 e. The molecule has 0 saturated carbocycles. The average molecular weight is 258 g/mol. The van der Waals surface area contributed by atoms with E-state index < -0.39 is 10.0 Å².